The van der Waals surface area contributed by atoms with Gasteiger partial charge in [0.25, 0.3) is 0 Å². The Hall–Kier alpha value is -1.90. The van der Waals surface area contributed by atoms with Crippen molar-refractivity contribution in [1.29, 1.82) is 0 Å². The van der Waals surface area contributed by atoms with Crippen LogP contribution in [0.4, 0.5) is 0 Å². The number of esters is 2. The summed E-state index contributed by atoms with van der Waals surface area (Å²) in [6.07, 6.45) is 9.68. The van der Waals surface area contributed by atoms with Gasteiger partial charge in [0.1, 0.15) is 31.0 Å². The predicted molar refractivity (Wildman–Crippen MR) is 271 cm³/mol. The Bertz CT molecular complexity index is 1640. The molecule has 1 aliphatic heterocycles. The molecule has 13 atom stereocenters. The molecule has 0 aromatic rings. The first-order valence-corrected chi connectivity index (χ1v) is 29.8. The molecule has 0 aromatic heterocycles. The van der Waals surface area contributed by atoms with Crippen molar-refractivity contribution in [3.63, 3.8) is 0 Å². The fourth-order valence-corrected chi connectivity index (χ4v) is 10.6. The normalized spacial score (nSPS) is 30.8. The fraction of sp³-hybridized carbons (Fsp3) is 0.843. The third-order valence-corrected chi connectivity index (χ3v) is 14.8. The van der Waals surface area contributed by atoms with Crippen molar-refractivity contribution in [1.82, 2.24) is 0 Å². The first-order chi connectivity index (χ1) is 34.3. The SMILES string of the molecule is CCCCC/C=C\C/C=C\CCCCCCCCCCCC(=O)O[C@@H]1COC(=O)CCCCCC[C@@H]2[C@@H](O)[C@H](O)[C@@H](O)[C@H](OP(=O)(O)OC1)[C@H](OP(=O)(O)O)[C@H](O)[C@@H](/C=C/[C@@H](O)CCCCC)[C@H](O)C[C@@H]2O. The number of allylic oxidation sites excluding steroid dienone is 4. The lowest BCUT2D eigenvalue weighted by Gasteiger charge is -2.39. The van der Waals surface area contributed by atoms with Crippen molar-refractivity contribution in [2.24, 2.45) is 11.8 Å². The Morgan fingerprint density at radius 2 is 1.35 bits per heavy atom. The number of aliphatic hydroxyl groups is 7. The van der Waals surface area contributed by atoms with Crippen LogP contribution < -0.4 is 0 Å². The average Bonchev–Trinajstić information content (AvgIpc) is 3.32. The van der Waals surface area contributed by atoms with Crippen molar-refractivity contribution in [2.75, 3.05) is 13.2 Å². The van der Waals surface area contributed by atoms with Crippen LogP contribution in [0.25, 0.3) is 0 Å². The summed E-state index contributed by atoms with van der Waals surface area (Å²) in [5.41, 5.74) is 0. The lowest BCUT2D eigenvalue weighted by atomic mass is 9.82. The highest BCUT2D eigenvalue weighted by Gasteiger charge is 2.51. The van der Waals surface area contributed by atoms with Crippen LogP contribution in [0.1, 0.15) is 187 Å². The second kappa shape index (κ2) is 37.8. The molecule has 0 amide bonds. The molecule has 420 valence electrons. The first kappa shape index (κ1) is 66.2. The van der Waals surface area contributed by atoms with Crippen LogP contribution in [-0.4, -0.2) is 137 Å². The molecule has 2 aliphatic rings. The number of fused-ring (bicyclic) bond motifs is 4. The zero-order valence-electron chi connectivity index (χ0n) is 42.9. The number of phosphoric ester groups is 2. The molecule has 72 heavy (non-hydrogen) atoms. The number of rotatable bonds is 27. The summed E-state index contributed by atoms with van der Waals surface area (Å²) in [5, 5.41) is 80.1. The molecule has 10 N–H and O–H groups in total. The number of hydrogen-bond donors (Lipinski definition) is 10. The number of cyclic esters (lactones) is 1. The van der Waals surface area contributed by atoms with E-state index in [1.807, 2.05) is 6.92 Å². The van der Waals surface area contributed by atoms with E-state index in [0.717, 1.165) is 83.1 Å². The molecule has 1 unspecified atom stereocenters. The lowest BCUT2D eigenvalue weighted by molar-refractivity contribution is -0.165. The zero-order valence-corrected chi connectivity index (χ0v) is 44.7. The summed E-state index contributed by atoms with van der Waals surface area (Å²) in [5.74, 6) is -4.38. The van der Waals surface area contributed by atoms with Gasteiger partial charge in [0.05, 0.1) is 37.1 Å². The Morgan fingerprint density at radius 1 is 0.750 bits per heavy atom. The fourth-order valence-electron chi connectivity index (χ4n) is 9.03. The molecule has 0 radical (unpaired) electrons. The number of carbonyl (C=O) groups excluding carboxylic acids is 2. The van der Waals surface area contributed by atoms with Crippen LogP contribution in [0.3, 0.4) is 0 Å². The van der Waals surface area contributed by atoms with Gasteiger partial charge in [-0.1, -0.05) is 147 Å². The molecular weight excluding hydrogens is 978 g/mol. The molecule has 21 heteroatoms. The van der Waals surface area contributed by atoms with E-state index in [4.69, 9.17) is 23.0 Å². The maximum absolute atomic E-state index is 13.8. The molecule has 2 bridgehead atoms. The molecule has 19 nitrogen and oxygen atoms in total. The van der Waals surface area contributed by atoms with Gasteiger partial charge in [-0.05, 0) is 57.8 Å². The van der Waals surface area contributed by atoms with E-state index in [1.54, 1.807) is 0 Å². The quantitative estimate of drug-likeness (QED) is 0.0165. The second-order valence-electron chi connectivity index (χ2n) is 19.6. The van der Waals surface area contributed by atoms with Crippen molar-refractivity contribution in [2.45, 2.75) is 248 Å². The number of hydrogen-bond acceptors (Lipinski definition) is 16. The van der Waals surface area contributed by atoms with Crippen molar-refractivity contribution in [3.8, 4) is 0 Å². The van der Waals surface area contributed by atoms with Crippen molar-refractivity contribution in [3.05, 3.63) is 36.5 Å². The summed E-state index contributed by atoms with van der Waals surface area (Å²) in [4.78, 5) is 57.0. The van der Waals surface area contributed by atoms with Gasteiger partial charge < -0.3 is 59.9 Å². The molecule has 1 saturated heterocycles. The number of ether oxygens (including phenoxy) is 2. The maximum atomic E-state index is 13.8. The molecule has 1 heterocycles. The molecule has 1 saturated carbocycles. The van der Waals surface area contributed by atoms with Crippen molar-refractivity contribution >= 4 is 27.6 Å². The van der Waals surface area contributed by atoms with Gasteiger partial charge in [0.15, 0.2) is 6.10 Å². The number of aliphatic hydroxyl groups excluding tert-OH is 7. The van der Waals surface area contributed by atoms with Crippen LogP contribution in [0, 0.1) is 11.8 Å². The number of unbranched alkanes of at least 4 members (excludes halogenated alkanes) is 14. The van der Waals surface area contributed by atoms with Gasteiger partial charge in [0, 0.05) is 31.1 Å². The third-order valence-electron chi connectivity index (χ3n) is 13.3. The minimum absolute atomic E-state index is 0.0262. The summed E-state index contributed by atoms with van der Waals surface area (Å²) in [6, 6.07) is 0. The summed E-state index contributed by atoms with van der Waals surface area (Å²) in [7, 11) is -11.4. The maximum Gasteiger partial charge on any atom is 0.472 e. The minimum Gasteiger partial charge on any atom is -0.462 e. The Kier molecular flexibility index (Phi) is 34.7. The molecule has 0 spiro atoms. The highest BCUT2D eigenvalue weighted by Crippen LogP contribution is 2.50. The van der Waals surface area contributed by atoms with Gasteiger partial charge >= 0.3 is 27.6 Å². The van der Waals surface area contributed by atoms with Crippen molar-refractivity contribution < 1.29 is 92.2 Å². The third kappa shape index (κ3) is 28.8. The van der Waals surface area contributed by atoms with Crippen LogP contribution >= 0.6 is 15.6 Å². The standard InChI is InChI=1S/C51H92O19P2/c1-3-5-7-8-9-10-11-12-13-14-15-16-17-18-19-20-21-22-28-32-45(56)68-39-36-66-44(55)31-27-24-23-26-30-40-42(53)35-43(54)41(34-33-38(52)29-25-6-4-2)47(58)50(69-71(61,62)63)51(49(60)48(59)46(40)57)70-72(64,65)67-37-39/h9-10,12-13,33-34,38-43,46-54,57-60H,3-8,11,14-32,35-37H2,1-2H3,(H,64,65)(H2,61,62,63)/b10-9-,13-12-,34-33+/t38-,39+,40-,41-,42-,43+,46+,47+,48-,49+,50+,51-/m0/s1. The van der Waals surface area contributed by atoms with E-state index in [2.05, 4.69) is 31.2 Å². The number of phosphoric acid groups is 2. The molecule has 2 rings (SSSR count). The molecule has 1 aliphatic carbocycles. The Labute approximate surface area is 428 Å². The first-order valence-electron chi connectivity index (χ1n) is 26.8. The average molecular weight is 1070 g/mol. The van der Waals surface area contributed by atoms with Gasteiger partial charge in [-0.25, -0.2) is 9.13 Å². The molecule has 2 fully saturated rings. The van der Waals surface area contributed by atoms with E-state index < -0.39 is 120 Å². The van der Waals surface area contributed by atoms with Crippen LogP contribution in [0.5, 0.6) is 0 Å². The topological polar surface area (TPSA) is 317 Å². The van der Waals surface area contributed by atoms with Crippen LogP contribution in [0.15, 0.2) is 36.5 Å². The van der Waals surface area contributed by atoms with Crippen LogP contribution in [-0.2, 0) is 41.8 Å². The minimum atomic E-state index is -5.76. The number of carbonyl (C=O) groups is 2. The van der Waals surface area contributed by atoms with E-state index in [-0.39, 0.29) is 25.7 Å². The van der Waals surface area contributed by atoms with Gasteiger partial charge in [-0.15, -0.1) is 0 Å². The highest BCUT2D eigenvalue weighted by atomic mass is 31.2. The van der Waals surface area contributed by atoms with E-state index in [1.165, 1.54) is 31.8 Å². The largest absolute Gasteiger partial charge is 0.472 e. The Balaban J connectivity index is 2.21. The second-order valence-corrected chi connectivity index (χ2v) is 22.2. The summed E-state index contributed by atoms with van der Waals surface area (Å²) >= 11 is 0. The van der Waals surface area contributed by atoms with E-state index >= 15 is 0 Å². The molecule has 0 aromatic carbocycles. The monoisotopic (exact) mass is 1070 g/mol. The smallest absolute Gasteiger partial charge is 0.462 e. The zero-order chi connectivity index (χ0) is 53.4. The highest BCUT2D eigenvalue weighted by molar-refractivity contribution is 7.47. The van der Waals surface area contributed by atoms with Crippen LogP contribution in [0.2, 0.25) is 0 Å². The molecular formula is C51H92O19P2. The van der Waals surface area contributed by atoms with Gasteiger partial charge in [0.2, 0.25) is 0 Å². The lowest BCUT2D eigenvalue weighted by Crippen LogP contribution is -2.56. The Morgan fingerprint density at radius 3 is 1.99 bits per heavy atom. The summed E-state index contributed by atoms with van der Waals surface area (Å²) < 4.78 is 52.5. The van der Waals surface area contributed by atoms with Gasteiger partial charge in [-0.2, -0.15) is 0 Å². The van der Waals surface area contributed by atoms with E-state index in [9.17, 15) is 69.1 Å². The van der Waals surface area contributed by atoms with Gasteiger partial charge in [-0.3, -0.25) is 23.2 Å². The predicted octanol–water partition coefficient (Wildman–Crippen LogP) is 7.45. The summed E-state index contributed by atoms with van der Waals surface area (Å²) in [6.45, 7) is 2.60. The van der Waals surface area contributed by atoms with E-state index in [0.29, 0.717) is 38.5 Å².